The number of carbonyl (C=O) groups excluding carboxylic acids is 1. The fourth-order valence-corrected chi connectivity index (χ4v) is 3.60. The van der Waals surface area contributed by atoms with Crippen LogP contribution in [0.15, 0.2) is 24.3 Å². The molecule has 1 saturated heterocycles. The molecule has 124 valence electrons. The predicted octanol–water partition coefficient (Wildman–Crippen LogP) is 2.37. The van der Waals surface area contributed by atoms with Gasteiger partial charge in [0.25, 0.3) is 0 Å². The van der Waals surface area contributed by atoms with Crippen molar-refractivity contribution in [3.8, 4) is 0 Å². The molecule has 0 aromatic heterocycles. The molecule has 2 N–H and O–H groups in total. The molecule has 2 aliphatic rings. The number of hydrogen-bond acceptors (Lipinski definition) is 3. The van der Waals surface area contributed by atoms with Crippen LogP contribution in [0.2, 0.25) is 5.02 Å². The standard InChI is InChI=1S/C17H20ClNO4/c18-13-3-1-2-12(10-13)17(4-6-23-7-5-17)16(22)19-14-8-11(9-14)15(20)21/h1-3,10-11,14H,4-9H2,(H,19,22)(H,20,21). The van der Waals surface area contributed by atoms with E-state index in [0.29, 0.717) is 43.9 Å². The van der Waals surface area contributed by atoms with E-state index < -0.39 is 11.4 Å². The molecule has 1 aromatic carbocycles. The maximum absolute atomic E-state index is 13.0. The molecule has 0 unspecified atom stereocenters. The van der Waals surface area contributed by atoms with Gasteiger partial charge >= 0.3 is 5.97 Å². The molecule has 0 bridgehead atoms. The van der Waals surface area contributed by atoms with E-state index in [-0.39, 0.29) is 17.9 Å². The number of ether oxygens (including phenoxy) is 1. The van der Waals surface area contributed by atoms with Crippen LogP contribution in [0.3, 0.4) is 0 Å². The summed E-state index contributed by atoms with van der Waals surface area (Å²) in [7, 11) is 0. The Morgan fingerprint density at radius 3 is 2.57 bits per heavy atom. The zero-order chi connectivity index (χ0) is 16.4. The van der Waals surface area contributed by atoms with Gasteiger partial charge in [0.1, 0.15) is 0 Å². The van der Waals surface area contributed by atoms with Crippen LogP contribution in [0.1, 0.15) is 31.2 Å². The minimum Gasteiger partial charge on any atom is -0.481 e. The number of amides is 1. The molecule has 1 saturated carbocycles. The second-order valence-electron chi connectivity index (χ2n) is 6.38. The third-order valence-corrected chi connectivity index (χ3v) is 5.22. The van der Waals surface area contributed by atoms with Gasteiger partial charge in [-0.3, -0.25) is 9.59 Å². The normalized spacial score (nSPS) is 26.1. The highest BCUT2D eigenvalue weighted by Crippen LogP contribution is 2.37. The van der Waals surface area contributed by atoms with Gasteiger partial charge in [0.15, 0.2) is 0 Å². The third-order valence-electron chi connectivity index (χ3n) is 4.98. The molecule has 1 heterocycles. The number of halogens is 1. The number of rotatable bonds is 4. The average molecular weight is 338 g/mol. The molecular formula is C17H20ClNO4. The van der Waals surface area contributed by atoms with Gasteiger partial charge in [-0.2, -0.15) is 0 Å². The smallest absolute Gasteiger partial charge is 0.306 e. The van der Waals surface area contributed by atoms with Gasteiger partial charge in [0.05, 0.1) is 11.3 Å². The number of nitrogens with one attached hydrogen (secondary N) is 1. The number of hydrogen-bond donors (Lipinski definition) is 2. The number of carboxylic acid groups (broad SMARTS) is 1. The highest BCUT2D eigenvalue weighted by atomic mass is 35.5. The molecule has 0 radical (unpaired) electrons. The van der Waals surface area contributed by atoms with Crippen LogP contribution in [0.4, 0.5) is 0 Å². The fourth-order valence-electron chi connectivity index (χ4n) is 3.41. The maximum atomic E-state index is 13.0. The minimum atomic E-state index is -0.786. The quantitative estimate of drug-likeness (QED) is 0.884. The van der Waals surface area contributed by atoms with Crippen molar-refractivity contribution in [2.75, 3.05) is 13.2 Å². The highest BCUT2D eigenvalue weighted by molar-refractivity contribution is 6.30. The van der Waals surface area contributed by atoms with E-state index in [1.54, 1.807) is 6.07 Å². The summed E-state index contributed by atoms with van der Waals surface area (Å²) < 4.78 is 5.43. The molecule has 5 nitrogen and oxygen atoms in total. The average Bonchev–Trinajstić information content (AvgIpc) is 2.50. The monoisotopic (exact) mass is 337 g/mol. The van der Waals surface area contributed by atoms with Crippen molar-refractivity contribution in [2.24, 2.45) is 5.92 Å². The zero-order valence-electron chi connectivity index (χ0n) is 12.8. The van der Waals surface area contributed by atoms with Gasteiger partial charge in [-0.15, -0.1) is 0 Å². The first-order chi connectivity index (χ1) is 11.0. The Bertz CT molecular complexity index is 606. The summed E-state index contributed by atoms with van der Waals surface area (Å²) in [5.74, 6) is -1.17. The Hall–Kier alpha value is -1.59. The van der Waals surface area contributed by atoms with Gasteiger partial charge in [0, 0.05) is 24.3 Å². The maximum Gasteiger partial charge on any atom is 0.306 e. The molecule has 1 amide bonds. The summed E-state index contributed by atoms with van der Waals surface area (Å²) >= 11 is 6.10. The van der Waals surface area contributed by atoms with Crippen molar-refractivity contribution in [1.82, 2.24) is 5.32 Å². The van der Waals surface area contributed by atoms with E-state index in [4.69, 9.17) is 21.4 Å². The molecule has 23 heavy (non-hydrogen) atoms. The second kappa shape index (κ2) is 6.49. The summed E-state index contributed by atoms with van der Waals surface area (Å²) in [4.78, 5) is 23.8. The summed E-state index contributed by atoms with van der Waals surface area (Å²) in [5, 5.41) is 12.6. The first-order valence-corrected chi connectivity index (χ1v) is 8.26. The van der Waals surface area contributed by atoms with E-state index in [1.165, 1.54) is 0 Å². The Balaban J connectivity index is 1.76. The number of carbonyl (C=O) groups is 2. The molecule has 0 spiro atoms. The predicted molar refractivity (Wildman–Crippen MR) is 85.5 cm³/mol. The minimum absolute atomic E-state index is 0.0445. The summed E-state index contributed by atoms with van der Waals surface area (Å²) in [5.41, 5.74) is 0.261. The van der Waals surface area contributed by atoms with Crippen LogP contribution >= 0.6 is 11.6 Å². The molecule has 0 atom stereocenters. The van der Waals surface area contributed by atoms with Crippen LogP contribution in [0, 0.1) is 5.92 Å². The van der Waals surface area contributed by atoms with E-state index in [0.717, 1.165) is 5.56 Å². The van der Waals surface area contributed by atoms with Crippen LogP contribution in [-0.4, -0.2) is 36.2 Å². The number of aliphatic carboxylic acids is 1. The lowest BCUT2D eigenvalue weighted by Crippen LogP contribution is -2.54. The van der Waals surface area contributed by atoms with Crippen LogP contribution in [0.5, 0.6) is 0 Å². The molecule has 1 aliphatic carbocycles. The second-order valence-corrected chi connectivity index (χ2v) is 6.82. The van der Waals surface area contributed by atoms with Gasteiger partial charge < -0.3 is 15.2 Å². The van der Waals surface area contributed by atoms with Crippen molar-refractivity contribution in [3.63, 3.8) is 0 Å². The first kappa shape index (κ1) is 16.3. The Labute approximate surface area is 140 Å². The van der Waals surface area contributed by atoms with E-state index in [1.807, 2.05) is 18.2 Å². The van der Waals surface area contributed by atoms with E-state index in [2.05, 4.69) is 5.32 Å². The van der Waals surface area contributed by atoms with E-state index in [9.17, 15) is 9.59 Å². The van der Waals surface area contributed by atoms with Gasteiger partial charge in [-0.25, -0.2) is 0 Å². The molecule has 3 rings (SSSR count). The van der Waals surface area contributed by atoms with Crippen molar-refractivity contribution in [2.45, 2.75) is 37.1 Å². The zero-order valence-corrected chi connectivity index (χ0v) is 13.5. The highest BCUT2D eigenvalue weighted by Gasteiger charge is 2.44. The van der Waals surface area contributed by atoms with Crippen LogP contribution in [0.25, 0.3) is 0 Å². The van der Waals surface area contributed by atoms with Gasteiger partial charge in [0.2, 0.25) is 5.91 Å². The van der Waals surface area contributed by atoms with Crippen LogP contribution in [-0.2, 0) is 19.7 Å². The molecule has 2 fully saturated rings. The summed E-state index contributed by atoms with van der Waals surface area (Å²) in [6, 6.07) is 7.36. The SMILES string of the molecule is O=C(O)C1CC(NC(=O)C2(c3cccc(Cl)c3)CCOCC2)C1. The lowest BCUT2D eigenvalue weighted by Gasteiger charge is -2.40. The van der Waals surface area contributed by atoms with Crippen molar-refractivity contribution < 1.29 is 19.4 Å². The molecule has 6 heteroatoms. The van der Waals surface area contributed by atoms with Crippen molar-refractivity contribution in [1.29, 1.82) is 0 Å². The molecular weight excluding hydrogens is 318 g/mol. The topological polar surface area (TPSA) is 75.6 Å². The lowest BCUT2D eigenvalue weighted by atomic mass is 9.72. The Morgan fingerprint density at radius 2 is 1.96 bits per heavy atom. The molecule has 1 aliphatic heterocycles. The number of benzene rings is 1. The Kier molecular flexibility index (Phi) is 4.60. The fraction of sp³-hybridized carbons (Fsp3) is 0.529. The van der Waals surface area contributed by atoms with Gasteiger partial charge in [-0.1, -0.05) is 23.7 Å². The lowest BCUT2D eigenvalue weighted by molar-refractivity contribution is -0.147. The summed E-state index contributed by atoms with van der Waals surface area (Å²) in [6.07, 6.45) is 2.22. The largest absolute Gasteiger partial charge is 0.481 e. The van der Waals surface area contributed by atoms with Gasteiger partial charge in [-0.05, 0) is 43.4 Å². The third kappa shape index (κ3) is 3.21. The van der Waals surface area contributed by atoms with E-state index >= 15 is 0 Å². The van der Waals surface area contributed by atoms with Crippen molar-refractivity contribution in [3.05, 3.63) is 34.9 Å². The first-order valence-electron chi connectivity index (χ1n) is 7.89. The Morgan fingerprint density at radius 1 is 1.26 bits per heavy atom. The van der Waals surface area contributed by atoms with Crippen LogP contribution < -0.4 is 5.32 Å². The molecule has 1 aromatic rings. The number of carboxylic acids is 1. The van der Waals surface area contributed by atoms with Crippen molar-refractivity contribution >= 4 is 23.5 Å². The summed E-state index contributed by atoms with van der Waals surface area (Å²) in [6.45, 7) is 1.06.